The number of amides is 1. The van der Waals surface area contributed by atoms with E-state index in [-0.39, 0.29) is 17.6 Å². The average Bonchev–Trinajstić information content (AvgIpc) is 3.39. The van der Waals surface area contributed by atoms with E-state index in [0.717, 1.165) is 24.1 Å². The minimum atomic E-state index is -0.768. The summed E-state index contributed by atoms with van der Waals surface area (Å²) in [5, 5.41) is 0. The minimum Gasteiger partial charge on any atom is -0.494 e. The second-order valence-electron chi connectivity index (χ2n) is 10.1. The Kier molecular flexibility index (Phi) is 7.76. The van der Waals surface area contributed by atoms with Gasteiger partial charge in [0.05, 0.1) is 41.3 Å². The molecule has 208 valence electrons. The molecule has 2 aliphatic heterocycles. The Bertz CT molecular complexity index is 1680. The molecule has 0 saturated carbocycles. The van der Waals surface area contributed by atoms with Crippen LogP contribution in [0.4, 0.5) is 5.69 Å². The number of rotatable bonds is 8. The summed E-state index contributed by atoms with van der Waals surface area (Å²) in [6.45, 7) is 10.4. The highest BCUT2D eigenvalue weighted by atomic mass is 32.1. The molecular weight excluding hydrogens is 526 g/mol. The molecule has 3 heterocycles. The summed E-state index contributed by atoms with van der Waals surface area (Å²) >= 11 is 1.18. The number of carbonyl (C=O) groups excluding carboxylic acids is 2. The van der Waals surface area contributed by atoms with Crippen molar-refractivity contribution in [3.05, 3.63) is 90.6 Å². The Morgan fingerprint density at radius 1 is 1.07 bits per heavy atom. The second-order valence-corrected chi connectivity index (χ2v) is 11.0. The van der Waals surface area contributed by atoms with E-state index in [2.05, 4.69) is 11.9 Å². The molecule has 0 fully saturated rings. The van der Waals surface area contributed by atoms with E-state index in [4.69, 9.17) is 9.47 Å². The maximum Gasteiger partial charge on any atom is 0.338 e. The van der Waals surface area contributed by atoms with Crippen molar-refractivity contribution in [3.8, 4) is 5.75 Å². The predicted octanol–water partition coefficient (Wildman–Crippen LogP) is 4.10. The van der Waals surface area contributed by atoms with Gasteiger partial charge in [0.2, 0.25) is 0 Å². The summed E-state index contributed by atoms with van der Waals surface area (Å²) in [7, 11) is 0. The Hall–Kier alpha value is -3.98. The van der Waals surface area contributed by atoms with E-state index in [1.807, 2.05) is 55.5 Å². The number of ether oxygens (including phenoxy) is 2. The third-order valence-corrected chi connectivity index (χ3v) is 8.01. The highest BCUT2D eigenvalue weighted by Gasteiger charge is 2.37. The summed E-state index contributed by atoms with van der Waals surface area (Å²) in [6.07, 6.45) is 1.45. The summed E-state index contributed by atoms with van der Waals surface area (Å²) in [5.74, 6) is -0.0259. The topological polar surface area (TPSA) is 90.2 Å². The molecule has 40 heavy (non-hydrogen) atoms. The van der Waals surface area contributed by atoms with Gasteiger partial charge in [-0.1, -0.05) is 55.0 Å². The van der Waals surface area contributed by atoms with Crippen molar-refractivity contribution in [2.75, 3.05) is 18.1 Å². The fraction of sp³-hybridized carbons (Fsp3) is 0.355. The third-order valence-electron chi connectivity index (χ3n) is 6.95. The van der Waals surface area contributed by atoms with Crippen LogP contribution in [0.1, 0.15) is 64.6 Å². The first-order chi connectivity index (χ1) is 19.3. The normalized spacial score (nSPS) is 17.6. The number of fused-ring (bicyclic) bond motifs is 2. The lowest BCUT2D eigenvalue weighted by molar-refractivity contribution is -0.143. The van der Waals surface area contributed by atoms with E-state index in [1.165, 1.54) is 15.9 Å². The molecule has 5 rings (SSSR count). The first-order valence-corrected chi connectivity index (χ1v) is 14.5. The van der Waals surface area contributed by atoms with E-state index in [1.54, 1.807) is 25.7 Å². The molecule has 1 atom stereocenters. The van der Waals surface area contributed by atoms with Gasteiger partial charge in [0, 0.05) is 12.1 Å². The molecular formula is C31H33N3O5S. The molecule has 0 radical (unpaired) electrons. The van der Waals surface area contributed by atoms with Crippen molar-refractivity contribution in [1.82, 2.24) is 4.57 Å². The van der Waals surface area contributed by atoms with Crippen LogP contribution >= 0.6 is 11.3 Å². The van der Waals surface area contributed by atoms with Crippen molar-refractivity contribution in [1.29, 1.82) is 0 Å². The summed E-state index contributed by atoms with van der Waals surface area (Å²) in [5.41, 5.74) is 3.06. The van der Waals surface area contributed by atoms with Crippen molar-refractivity contribution in [2.45, 2.75) is 59.6 Å². The second kappa shape index (κ2) is 11.3. The number of carbonyl (C=O) groups is 2. The number of allylic oxidation sites excluding steroid dienone is 1. The van der Waals surface area contributed by atoms with Crippen LogP contribution in [0, 0.1) is 0 Å². The molecule has 0 saturated heterocycles. The van der Waals surface area contributed by atoms with Crippen LogP contribution in [0.15, 0.2) is 69.6 Å². The first-order valence-electron chi connectivity index (χ1n) is 13.7. The molecule has 3 aromatic rings. The van der Waals surface area contributed by atoms with E-state index < -0.39 is 12.0 Å². The summed E-state index contributed by atoms with van der Waals surface area (Å²) < 4.78 is 13.0. The van der Waals surface area contributed by atoms with E-state index >= 15 is 0 Å². The molecule has 0 aliphatic carbocycles. The van der Waals surface area contributed by atoms with Crippen molar-refractivity contribution < 1.29 is 19.1 Å². The Balaban J connectivity index is 1.75. The van der Waals surface area contributed by atoms with Crippen LogP contribution in [0.5, 0.6) is 5.75 Å². The molecule has 2 aromatic carbocycles. The lowest BCUT2D eigenvalue weighted by Crippen LogP contribution is -2.41. The van der Waals surface area contributed by atoms with Crippen molar-refractivity contribution >= 4 is 34.5 Å². The number of nitrogens with zero attached hydrogens (tertiary/aromatic N) is 3. The molecule has 0 N–H and O–H groups in total. The van der Waals surface area contributed by atoms with Gasteiger partial charge in [-0.15, -0.1) is 0 Å². The van der Waals surface area contributed by atoms with Crippen molar-refractivity contribution in [3.63, 3.8) is 0 Å². The molecule has 0 unspecified atom stereocenters. The Morgan fingerprint density at radius 2 is 1.80 bits per heavy atom. The van der Waals surface area contributed by atoms with Crippen LogP contribution < -0.4 is 24.5 Å². The lowest BCUT2D eigenvalue weighted by Gasteiger charge is -2.25. The maximum absolute atomic E-state index is 14.2. The fourth-order valence-corrected chi connectivity index (χ4v) is 6.31. The zero-order valence-corrected chi connectivity index (χ0v) is 24.2. The highest BCUT2D eigenvalue weighted by Crippen LogP contribution is 2.36. The number of unbranched alkanes of at least 4 members (excludes halogenated alkanes) is 1. The highest BCUT2D eigenvalue weighted by molar-refractivity contribution is 7.07. The molecule has 2 aliphatic rings. The molecule has 9 heteroatoms. The van der Waals surface area contributed by atoms with E-state index in [9.17, 15) is 14.4 Å². The monoisotopic (exact) mass is 559 g/mol. The molecule has 0 bridgehead atoms. The van der Waals surface area contributed by atoms with Gasteiger partial charge in [-0.3, -0.25) is 14.2 Å². The number of anilines is 1. The maximum atomic E-state index is 14.2. The summed E-state index contributed by atoms with van der Waals surface area (Å²) in [4.78, 5) is 48.3. The average molecular weight is 560 g/mol. The van der Waals surface area contributed by atoms with Crippen LogP contribution in [-0.4, -0.2) is 35.7 Å². The Morgan fingerprint density at radius 3 is 2.48 bits per heavy atom. The lowest BCUT2D eigenvalue weighted by atomic mass is 9.95. The van der Waals surface area contributed by atoms with Crippen LogP contribution in [-0.2, 0) is 14.3 Å². The van der Waals surface area contributed by atoms with Gasteiger partial charge in [-0.05, 0) is 57.9 Å². The molecule has 8 nitrogen and oxygen atoms in total. The number of para-hydroxylation sites is 1. The zero-order chi connectivity index (χ0) is 28.6. The number of benzene rings is 2. The quantitative estimate of drug-likeness (QED) is 0.388. The number of esters is 1. The summed E-state index contributed by atoms with van der Waals surface area (Å²) in [6, 6.07) is 14.1. The SMILES string of the molecule is CCCCN1C(=O)/C(=c2\sc3n(c2=O)[C@H](c2ccc(OCC)cc2)C(C(=O)OC(C)C)=C(C)N=3)c2ccccc21. The fourth-order valence-electron chi connectivity index (χ4n) is 5.18. The molecule has 1 aromatic heterocycles. The number of hydrogen-bond acceptors (Lipinski definition) is 7. The molecule has 1 amide bonds. The van der Waals surface area contributed by atoms with Gasteiger partial charge in [0.1, 0.15) is 10.3 Å². The predicted molar refractivity (Wildman–Crippen MR) is 155 cm³/mol. The van der Waals surface area contributed by atoms with Gasteiger partial charge in [0.25, 0.3) is 11.5 Å². The minimum absolute atomic E-state index is 0.187. The van der Waals surface area contributed by atoms with Crippen LogP contribution in [0.25, 0.3) is 5.57 Å². The Labute approximate surface area is 236 Å². The zero-order valence-electron chi connectivity index (χ0n) is 23.4. The first kappa shape index (κ1) is 27.6. The number of hydrogen-bond donors (Lipinski definition) is 0. The van der Waals surface area contributed by atoms with Gasteiger partial charge in [0.15, 0.2) is 4.80 Å². The third kappa shape index (κ3) is 4.79. The van der Waals surface area contributed by atoms with E-state index in [0.29, 0.717) is 50.6 Å². The van der Waals surface area contributed by atoms with Gasteiger partial charge in [-0.2, -0.15) is 0 Å². The largest absolute Gasteiger partial charge is 0.494 e. The number of aromatic nitrogens is 1. The smallest absolute Gasteiger partial charge is 0.338 e. The van der Waals surface area contributed by atoms with Gasteiger partial charge in [-0.25, -0.2) is 9.79 Å². The number of thiazole rings is 1. The standard InChI is InChI=1S/C31H33N3O5S/c1-6-8-17-33-23-12-10-9-11-22(23)25(28(33)35)27-29(36)34-26(20-13-15-21(16-14-20)38-7-2)24(30(37)39-18(3)4)19(5)32-31(34)40-27/h9-16,18,26H,6-8,17H2,1-5H3/b27-25-/t26-/m1/s1. The van der Waals surface area contributed by atoms with Crippen LogP contribution in [0.3, 0.4) is 0 Å². The van der Waals surface area contributed by atoms with Crippen LogP contribution in [0.2, 0.25) is 0 Å². The van der Waals surface area contributed by atoms with Gasteiger partial charge >= 0.3 is 5.97 Å². The molecule has 0 spiro atoms. The van der Waals surface area contributed by atoms with Crippen molar-refractivity contribution in [2.24, 2.45) is 4.99 Å². The van der Waals surface area contributed by atoms with Gasteiger partial charge < -0.3 is 14.4 Å².